The van der Waals surface area contributed by atoms with Crippen LogP contribution in [0.4, 0.5) is 15.3 Å². The van der Waals surface area contributed by atoms with Crippen molar-refractivity contribution in [3.05, 3.63) is 18.3 Å². The van der Waals surface area contributed by atoms with Crippen LogP contribution in [0.3, 0.4) is 0 Å². The van der Waals surface area contributed by atoms with Crippen LogP contribution < -0.4 is 15.2 Å². The fraction of sp³-hybridized carbons (Fsp3) is 0.562. The summed E-state index contributed by atoms with van der Waals surface area (Å²) in [5, 5.41) is 0.908. The molecule has 0 spiro atoms. The number of methoxy groups -OCH3 is 1. The number of amides is 2. The van der Waals surface area contributed by atoms with Crippen molar-refractivity contribution in [3.8, 4) is 5.88 Å². The first-order chi connectivity index (χ1) is 10.9. The third-order valence-electron chi connectivity index (χ3n) is 2.36. The van der Waals surface area contributed by atoms with Crippen LogP contribution in [0, 0.1) is 0 Å². The molecule has 0 aliphatic heterocycles. The summed E-state index contributed by atoms with van der Waals surface area (Å²) in [7, 11) is 1.41. The minimum absolute atomic E-state index is 0.152. The van der Waals surface area contributed by atoms with Gasteiger partial charge in [-0.3, -0.25) is 0 Å². The largest absolute Gasteiger partial charge is 0.479 e. The average molecular weight is 339 g/mol. The lowest BCUT2D eigenvalue weighted by Crippen LogP contribution is -2.50. The lowest BCUT2D eigenvalue weighted by molar-refractivity contribution is 0.0424. The van der Waals surface area contributed by atoms with Gasteiger partial charge in [-0.2, -0.15) is 5.01 Å². The van der Waals surface area contributed by atoms with Crippen LogP contribution in [-0.2, 0) is 9.47 Å². The second-order valence-electron chi connectivity index (χ2n) is 6.96. The monoisotopic (exact) mass is 339 g/mol. The molecular formula is C16H25N3O5. The Hall–Kier alpha value is -2.51. The second kappa shape index (κ2) is 7.37. The van der Waals surface area contributed by atoms with Crippen molar-refractivity contribution < 1.29 is 23.8 Å². The summed E-state index contributed by atoms with van der Waals surface area (Å²) >= 11 is 0. The molecule has 0 radical (unpaired) electrons. The number of carbonyl (C=O) groups is 2. The minimum Gasteiger partial charge on any atom is -0.479 e. The van der Waals surface area contributed by atoms with Crippen molar-refractivity contribution in [1.82, 2.24) is 10.4 Å². The molecule has 8 heteroatoms. The number of carbonyl (C=O) groups excluding carboxylic acids is 2. The van der Waals surface area contributed by atoms with Gasteiger partial charge in [-0.25, -0.2) is 20.0 Å². The average Bonchev–Trinajstić information content (AvgIpc) is 2.41. The number of hydrogen-bond donors (Lipinski definition) is 1. The zero-order valence-corrected chi connectivity index (χ0v) is 15.2. The molecule has 0 fully saturated rings. The van der Waals surface area contributed by atoms with Crippen molar-refractivity contribution in [1.29, 1.82) is 0 Å². The SMILES string of the molecule is COc1ncccc1N(NC(=O)OC(C)(C)C)C(=O)OC(C)(C)C. The molecule has 0 atom stereocenters. The van der Waals surface area contributed by atoms with E-state index in [0.717, 1.165) is 5.01 Å². The quantitative estimate of drug-likeness (QED) is 0.832. The fourth-order valence-corrected chi connectivity index (χ4v) is 1.61. The van der Waals surface area contributed by atoms with Crippen molar-refractivity contribution in [2.45, 2.75) is 52.7 Å². The van der Waals surface area contributed by atoms with E-state index < -0.39 is 23.4 Å². The maximum atomic E-state index is 12.5. The van der Waals surface area contributed by atoms with Gasteiger partial charge in [0.05, 0.1) is 7.11 Å². The molecule has 1 aromatic rings. The molecule has 24 heavy (non-hydrogen) atoms. The first-order valence-electron chi connectivity index (χ1n) is 7.45. The van der Waals surface area contributed by atoms with Crippen LogP contribution in [0.5, 0.6) is 5.88 Å². The van der Waals surface area contributed by atoms with E-state index in [2.05, 4.69) is 10.4 Å². The third kappa shape index (κ3) is 6.31. The Morgan fingerprint density at radius 1 is 1.08 bits per heavy atom. The van der Waals surface area contributed by atoms with Crippen LogP contribution in [0.15, 0.2) is 18.3 Å². The number of nitrogens with zero attached hydrogens (tertiary/aromatic N) is 2. The summed E-state index contributed by atoms with van der Waals surface area (Å²) in [6.07, 6.45) is -0.0952. The van der Waals surface area contributed by atoms with Gasteiger partial charge in [0, 0.05) is 6.20 Å². The maximum Gasteiger partial charge on any atom is 0.434 e. The highest BCUT2D eigenvalue weighted by molar-refractivity contribution is 5.92. The summed E-state index contributed by atoms with van der Waals surface area (Å²) in [5.41, 5.74) is 1.12. The predicted molar refractivity (Wildman–Crippen MR) is 88.9 cm³/mol. The molecule has 1 N–H and O–H groups in total. The van der Waals surface area contributed by atoms with Crippen molar-refractivity contribution >= 4 is 17.9 Å². The van der Waals surface area contributed by atoms with E-state index in [1.54, 1.807) is 53.7 Å². The lowest BCUT2D eigenvalue weighted by atomic mass is 10.2. The van der Waals surface area contributed by atoms with E-state index in [-0.39, 0.29) is 11.6 Å². The van der Waals surface area contributed by atoms with Gasteiger partial charge in [-0.15, -0.1) is 0 Å². The number of hydrazine groups is 1. The van der Waals surface area contributed by atoms with E-state index >= 15 is 0 Å². The number of pyridine rings is 1. The fourth-order valence-electron chi connectivity index (χ4n) is 1.61. The number of rotatable bonds is 2. The van der Waals surface area contributed by atoms with Crippen LogP contribution in [-0.4, -0.2) is 35.5 Å². The van der Waals surface area contributed by atoms with E-state index in [0.29, 0.717) is 0 Å². The molecule has 0 aromatic carbocycles. The Morgan fingerprint density at radius 2 is 1.67 bits per heavy atom. The smallest absolute Gasteiger partial charge is 0.434 e. The number of hydrogen-bond acceptors (Lipinski definition) is 6. The summed E-state index contributed by atoms with van der Waals surface area (Å²) in [6, 6.07) is 3.17. The van der Waals surface area contributed by atoms with Crippen LogP contribution in [0.25, 0.3) is 0 Å². The Balaban J connectivity index is 3.12. The van der Waals surface area contributed by atoms with E-state index in [4.69, 9.17) is 14.2 Å². The molecule has 1 heterocycles. The summed E-state index contributed by atoms with van der Waals surface area (Å²) in [5.74, 6) is 0.152. The minimum atomic E-state index is -0.806. The van der Waals surface area contributed by atoms with Gasteiger partial charge in [0.15, 0.2) is 0 Å². The van der Waals surface area contributed by atoms with Crippen molar-refractivity contribution in [2.75, 3.05) is 12.1 Å². The van der Waals surface area contributed by atoms with Gasteiger partial charge < -0.3 is 14.2 Å². The molecule has 1 rings (SSSR count). The molecule has 0 bridgehead atoms. The zero-order chi connectivity index (χ0) is 18.5. The molecule has 0 aliphatic rings. The molecule has 2 amide bonds. The highest BCUT2D eigenvalue weighted by Crippen LogP contribution is 2.25. The highest BCUT2D eigenvalue weighted by atomic mass is 16.6. The number of aromatic nitrogens is 1. The molecule has 134 valence electrons. The van der Waals surface area contributed by atoms with E-state index in [1.165, 1.54) is 13.3 Å². The first kappa shape index (κ1) is 19.5. The molecule has 0 aliphatic carbocycles. The lowest BCUT2D eigenvalue weighted by Gasteiger charge is -2.29. The molecule has 0 saturated heterocycles. The first-order valence-corrected chi connectivity index (χ1v) is 7.45. The number of nitrogens with one attached hydrogen (secondary N) is 1. The van der Waals surface area contributed by atoms with E-state index in [1.807, 2.05) is 0 Å². The molecule has 1 aromatic heterocycles. The molecular weight excluding hydrogens is 314 g/mol. The number of anilines is 1. The Bertz CT molecular complexity index is 590. The van der Waals surface area contributed by atoms with Gasteiger partial charge in [0.2, 0.25) is 5.88 Å². The van der Waals surface area contributed by atoms with Crippen LogP contribution in [0.1, 0.15) is 41.5 Å². The summed E-state index contributed by atoms with van der Waals surface area (Å²) < 4.78 is 15.6. The predicted octanol–water partition coefficient (Wildman–Crippen LogP) is 3.27. The second-order valence-corrected chi connectivity index (χ2v) is 6.96. The third-order valence-corrected chi connectivity index (χ3v) is 2.36. The molecule has 0 unspecified atom stereocenters. The van der Waals surface area contributed by atoms with Gasteiger partial charge >= 0.3 is 12.2 Å². The highest BCUT2D eigenvalue weighted by Gasteiger charge is 2.29. The summed E-state index contributed by atoms with van der Waals surface area (Å²) in [6.45, 7) is 10.3. The maximum absolute atomic E-state index is 12.5. The normalized spacial score (nSPS) is 11.5. The van der Waals surface area contributed by atoms with Crippen molar-refractivity contribution in [2.24, 2.45) is 0 Å². The molecule has 0 saturated carbocycles. The molecule has 8 nitrogen and oxygen atoms in total. The van der Waals surface area contributed by atoms with E-state index in [9.17, 15) is 9.59 Å². The van der Waals surface area contributed by atoms with Gasteiger partial charge in [0.25, 0.3) is 0 Å². The Kier molecular flexibility index (Phi) is 6.00. The van der Waals surface area contributed by atoms with Crippen LogP contribution >= 0.6 is 0 Å². The Morgan fingerprint density at radius 3 is 2.17 bits per heavy atom. The Labute approximate surface area is 142 Å². The van der Waals surface area contributed by atoms with Gasteiger partial charge in [-0.05, 0) is 53.7 Å². The van der Waals surface area contributed by atoms with Gasteiger partial charge in [-0.1, -0.05) is 0 Å². The standard InChI is InChI=1S/C16H25N3O5/c1-15(2,3)23-13(20)18-19(14(21)24-16(4,5)6)11-9-8-10-17-12(11)22-7/h8-10H,1-7H3,(H,18,20). The summed E-state index contributed by atoms with van der Waals surface area (Å²) in [4.78, 5) is 28.6. The zero-order valence-electron chi connectivity index (χ0n) is 15.2. The van der Waals surface area contributed by atoms with Gasteiger partial charge in [0.1, 0.15) is 16.9 Å². The van der Waals surface area contributed by atoms with Crippen molar-refractivity contribution in [3.63, 3.8) is 0 Å². The topological polar surface area (TPSA) is 90.0 Å². The number of ether oxygens (including phenoxy) is 3. The van der Waals surface area contributed by atoms with Crippen LogP contribution in [0.2, 0.25) is 0 Å².